The number of hydrogen-bond acceptors (Lipinski definition) is 5. The van der Waals surface area contributed by atoms with Crippen molar-refractivity contribution in [1.82, 2.24) is 0 Å². The third-order valence-electron chi connectivity index (χ3n) is 3.76. The summed E-state index contributed by atoms with van der Waals surface area (Å²) < 4.78 is 15.4. The fraction of sp³-hybridized carbons (Fsp3) is 0.182. The van der Waals surface area contributed by atoms with E-state index in [-0.39, 0.29) is 18.6 Å². The molecule has 0 amide bonds. The maximum atomic E-state index is 12.1. The zero-order chi connectivity index (χ0) is 19.8. The number of carbonyl (C=O) groups is 2. The van der Waals surface area contributed by atoms with E-state index in [2.05, 4.69) is 13.2 Å². The standard InChI is InChI=1S/C22H22O5/c1-15(2)21(23)26-14-13-16(3)22(24)27-20-11-7-18(8-12-20)17-5-9-19(25-4)10-6-17/h5-12H,1,3,13-14H2,2,4H3. The van der Waals surface area contributed by atoms with E-state index in [0.717, 1.165) is 16.9 Å². The van der Waals surface area contributed by atoms with Crippen LogP contribution in [0.3, 0.4) is 0 Å². The molecular weight excluding hydrogens is 344 g/mol. The molecule has 27 heavy (non-hydrogen) atoms. The molecule has 0 aromatic heterocycles. The fourth-order valence-electron chi connectivity index (χ4n) is 2.17. The number of ether oxygens (including phenoxy) is 3. The second kappa shape index (κ2) is 9.38. The lowest BCUT2D eigenvalue weighted by atomic mass is 10.1. The minimum atomic E-state index is -0.557. The quantitative estimate of drug-likeness (QED) is 0.395. The second-order valence-corrected chi connectivity index (χ2v) is 5.91. The first-order chi connectivity index (χ1) is 12.9. The van der Waals surface area contributed by atoms with Crippen LogP contribution in [0.15, 0.2) is 72.8 Å². The lowest BCUT2D eigenvalue weighted by molar-refractivity contribution is -0.139. The van der Waals surface area contributed by atoms with Crippen molar-refractivity contribution in [3.05, 3.63) is 72.8 Å². The van der Waals surface area contributed by atoms with E-state index in [4.69, 9.17) is 14.2 Å². The Kier molecular flexibility index (Phi) is 6.94. The SMILES string of the molecule is C=C(C)C(=O)OCCC(=C)C(=O)Oc1ccc(-c2ccc(OC)cc2)cc1. The Labute approximate surface area is 158 Å². The molecule has 0 atom stereocenters. The summed E-state index contributed by atoms with van der Waals surface area (Å²) in [7, 11) is 1.62. The predicted octanol–water partition coefficient (Wildman–Crippen LogP) is 4.33. The normalized spacial score (nSPS) is 10.0. The van der Waals surface area contributed by atoms with Crippen molar-refractivity contribution in [2.75, 3.05) is 13.7 Å². The minimum Gasteiger partial charge on any atom is -0.497 e. The van der Waals surface area contributed by atoms with Gasteiger partial charge in [-0.25, -0.2) is 9.59 Å². The maximum Gasteiger partial charge on any atom is 0.338 e. The fourth-order valence-corrected chi connectivity index (χ4v) is 2.17. The van der Waals surface area contributed by atoms with E-state index in [1.54, 1.807) is 26.2 Å². The van der Waals surface area contributed by atoms with Gasteiger partial charge in [-0.3, -0.25) is 0 Å². The lowest BCUT2D eigenvalue weighted by Crippen LogP contribution is -2.13. The Bertz CT molecular complexity index is 832. The average Bonchev–Trinajstić information content (AvgIpc) is 2.68. The number of esters is 2. The van der Waals surface area contributed by atoms with E-state index < -0.39 is 11.9 Å². The smallest absolute Gasteiger partial charge is 0.338 e. The van der Waals surface area contributed by atoms with Gasteiger partial charge in [0.25, 0.3) is 0 Å². The van der Waals surface area contributed by atoms with Crippen LogP contribution >= 0.6 is 0 Å². The zero-order valence-electron chi connectivity index (χ0n) is 15.5. The highest BCUT2D eigenvalue weighted by molar-refractivity contribution is 5.90. The Hall–Kier alpha value is -3.34. The maximum absolute atomic E-state index is 12.1. The highest BCUT2D eigenvalue weighted by Gasteiger charge is 2.12. The van der Waals surface area contributed by atoms with Crippen molar-refractivity contribution in [2.45, 2.75) is 13.3 Å². The third kappa shape index (κ3) is 5.85. The first kappa shape index (κ1) is 20.0. The molecule has 0 aliphatic rings. The van der Waals surface area contributed by atoms with E-state index >= 15 is 0 Å². The van der Waals surface area contributed by atoms with Crippen LogP contribution in [0.25, 0.3) is 11.1 Å². The van der Waals surface area contributed by atoms with Crippen molar-refractivity contribution in [3.63, 3.8) is 0 Å². The molecule has 2 aromatic carbocycles. The van der Waals surface area contributed by atoms with Crippen LogP contribution in [0, 0.1) is 0 Å². The monoisotopic (exact) mass is 366 g/mol. The van der Waals surface area contributed by atoms with Gasteiger partial charge in [0.2, 0.25) is 0 Å². The first-order valence-corrected chi connectivity index (χ1v) is 8.38. The molecule has 0 bridgehead atoms. The van der Waals surface area contributed by atoms with Crippen LogP contribution in [0.5, 0.6) is 11.5 Å². The highest BCUT2D eigenvalue weighted by Crippen LogP contribution is 2.24. The summed E-state index contributed by atoms with van der Waals surface area (Å²) in [6, 6.07) is 14.8. The molecule has 0 fully saturated rings. The minimum absolute atomic E-state index is 0.0516. The van der Waals surface area contributed by atoms with Crippen molar-refractivity contribution < 1.29 is 23.8 Å². The predicted molar refractivity (Wildman–Crippen MR) is 104 cm³/mol. The molecule has 5 heteroatoms. The van der Waals surface area contributed by atoms with Crippen LogP contribution in [0.2, 0.25) is 0 Å². The highest BCUT2D eigenvalue weighted by atomic mass is 16.5. The molecule has 0 aliphatic carbocycles. The van der Waals surface area contributed by atoms with Gasteiger partial charge in [0.1, 0.15) is 11.5 Å². The van der Waals surface area contributed by atoms with Gasteiger partial charge in [0.05, 0.1) is 13.7 Å². The Morgan fingerprint density at radius 3 is 1.85 bits per heavy atom. The summed E-state index contributed by atoms with van der Waals surface area (Å²) in [5.74, 6) is 0.151. The van der Waals surface area contributed by atoms with Crippen molar-refractivity contribution in [3.8, 4) is 22.6 Å². The molecule has 2 aromatic rings. The summed E-state index contributed by atoms with van der Waals surface area (Å²) in [6.45, 7) is 8.77. The van der Waals surface area contributed by atoms with Gasteiger partial charge in [0, 0.05) is 17.6 Å². The van der Waals surface area contributed by atoms with E-state index in [1.807, 2.05) is 36.4 Å². The molecule has 0 saturated carbocycles. The van der Waals surface area contributed by atoms with E-state index in [1.165, 1.54) is 0 Å². The van der Waals surface area contributed by atoms with E-state index in [9.17, 15) is 9.59 Å². The summed E-state index contributed by atoms with van der Waals surface area (Å²) in [6.07, 6.45) is 0.196. The number of methoxy groups -OCH3 is 1. The Morgan fingerprint density at radius 2 is 1.37 bits per heavy atom. The molecule has 0 radical (unpaired) electrons. The molecule has 140 valence electrons. The summed E-state index contributed by atoms with van der Waals surface area (Å²) in [5, 5.41) is 0. The third-order valence-corrected chi connectivity index (χ3v) is 3.76. The molecule has 0 unspecified atom stereocenters. The van der Waals surface area contributed by atoms with E-state index in [0.29, 0.717) is 11.3 Å². The van der Waals surface area contributed by atoms with Gasteiger partial charge in [-0.1, -0.05) is 37.4 Å². The van der Waals surface area contributed by atoms with Gasteiger partial charge in [-0.15, -0.1) is 0 Å². The van der Waals surface area contributed by atoms with Gasteiger partial charge >= 0.3 is 11.9 Å². The average molecular weight is 366 g/mol. The summed E-state index contributed by atoms with van der Waals surface area (Å²) in [4.78, 5) is 23.3. The number of rotatable bonds is 8. The van der Waals surface area contributed by atoms with Crippen molar-refractivity contribution in [1.29, 1.82) is 0 Å². The number of carbonyl (C=O) groups excluding carboxylic acids is 2. The van der Waals surface area contributed by atoms with Crippen LogP contribution in [-0.2, 0) is 14.3 Å². The van der Waals surface area contributed by atoms with Crippen molar-refractivity contribution in [2.24, 2.45) is 0 Å². The zero-order valence-corrected chi connectivity index (χ0v) is 15.5. The van der Waals surface area contributed by atoms with Crippen molar-refractivity contribution >= 4 is 11.9 Å². The molecule has 0 N–H and O–H groups in total. The Balaban J connectivity index is 1.89. The molecule has 0 saturated heterocycles. The van der Waals surface area contributed by atoms with Crippen LogP contribution in [0.4, 0.5) is 0 Å². The van der Waals surface area contributed by atoms with Crippen LogP contribution < -0.4 is 9.47 Å². The molecular formula is C22H22O5. The molecule has 5 nitrogen and oxygen atoms in total. The van der Waals surface area contributed by atoms with Crippen LogP contribution in [0.1, 0.15) is 13.3 Å². The van der Waals surface area contributed by atoms with Gasteiger partial charge in [-0.05, 0) is 42.3 Å². The topological polar surface area (TPSA) is 61.8 Å². The first-order valence-electron chi connectivity index (χ1n) is 8.38. The van der Waals surface area contributed by atoms with Gasteiger partial charge in [0.15, 0.2) is 0 Å². The second-order valence-electron chi connectivity index (χ2n) is 5.91. The summed E-state index contributed by atoms with van der Waals surface area (Å²) >= 11 is 0. The van der Waals surface area contributed by atoms with Gasteiger partial charge in [-0.2, -0.15) is 0 Å². The Morgan fingerprint density at radius 1 is 0.852 bits per heavy atom. The van der Waals surface area contributed by atoms with Crippen LogP contribution in [-0.4, -0.2) is 25.7 Å². The molecule has 2 rings (SSSR count). The van der Waals surface area contributed by atoms with Gasteiger partial charge < -0.3 is 14.2 Å². The number of benzene rings is 2. The largest absolute Gasteiger partial charge is 0.497 e. The number of hydrogen-bond donors (Lipinski definition) is 0. The molecule has 0 spiro atoms. The summed E-state index contributed by atoms with van der Waals surface area (Å²) in [5.41, 5.74) is 2.55. The lowest BCUT2D eigenvalue weighted by Gasteiger charge is -2.09. The molecule has 0 aliphatic heterocycles. The molecule has 0 heterocycles.